The summed E-state index contributed by atoms with van der Waals surface area (Å²) in [5.41, 5.74) is 0.501. The lowest BCUT2D eigenvalue weighted by Crippen LogP contribution is -2.09. The monoisotopic (exact) mass is 245 g/mol. The maximum absolute atomic E-state index is 11.6. The minimum absolute atomic E-state index is 0.181. The maximum Gasteiger partial charge on any atom is 0.357 e. The Balaban J connectivity index is 2.74. The number of pyridine rings is 1. The van der Waals surface area contributed by atoms with Gasteiger partial charge in [0.15, 0.2) is 5.69 Å². The number of aromatic nitrogens is 1. The molecule has 2 rings (SSSR count). The van der Waals surface area contributed by atoms with Crippen molar-refractivity contribution in [1.82, 2.24) is 4.98 Å². The van der Waals surface area contributed by atoms with Gasteiger partial charge in [-0.15, -0.1) is 0 Å². The summed E-state index contributed by atoms with van der Waals surface area (Å²) in [6, 6.07) is 6.98. The van der Waals surface area contributed by atoms with Gasteiger partial charge >= 0.3 is 11.9 Å². The van der Waals surface area contributed by atoms with Gasteiger partial charge < -0.3 is 9.47 Å². The number of hydrogen-bond donors (Lipinski definition) is 0. The molecule has 18 heavy (non-hydrogen) atoms. The molecule has 0 N–H and O–H groups in total. The molecule has 2 aromatic rings. The highest BCUT2D eigenvalue weighted by atomic mass is 16.5. The van der Waals surface area contributed by atoms with E-state index in [2.05, 4.69) is 14.5 Å². The van der Waals surface area contributed by atoms with Gasteiger partial charge in [0.25, 0.3) is 0 Å². The predicted molar refractivity (Wildman–Crippen MR) is 64.4 cm³/mol. The Labute approximate surface area is 103 Å². The van der Waals surface area contributed by atoms with Crippen molar-refractivity contribution >= 4 is 22.7 Å². The Morgan fingerprint density at radius 2 is 1.61 bits per heavy atom. The van der Waals surface area contributed by atoms with Crippen LogP contribution in [0.4, 0.5) is 0 Å². The van der Waals surface area contributed by atoms with E-state index < -0.39 is 11.9 Å². The summed E-state index contributed by atoms with van der Waals surface area (Å²) in [5.74, 6) is -1.03. The number of esters is 2. The molecular weight excluding hydrogens is 234 g/mol. The molecule has 0 bridgehead atoms. The number of hydrogen-bond acceptors (Lipinski definition) is 5. The summed E-state index contributed by atoms with van der Waals surface area (Å²) in [7, 11) is 2.58. The fraction of sp³-hybridized carbons (Fsp3) is 0.154. The second-order valence-electron chi connectivity index (χ2n) is 3.55. The van der Waals surface area contributed by atoms with Crippen molar-refractivity contribution in [1.29, 1.82) is 0 Å². The summed E-state index contributed by atoms with van der Waals surface area (Å²) in [6.45, 7) is 0. The Bertz CT molecular complexity index is 567. The first kappa shape index (κ1) is 12.0. The number of fused-ring (bicyclic) bond motifs is 1. The molecule has 1 aromatic heterocycles. The van der Waals surface area contributed by atoms with E-state index in [4.69, 9.17) is 0 Å². The van der Waals surface area contributed by atoms with E-state index in [-0.39, 0.29) is 5.69 Å². The number of rotatable bonds is 2. The largest absolute Gasteiger partial charge is 0.465 e. The van der Waals surface area contributed by atoms with Gasteiger partial charge in [0.1, 0.15) is 0 Å². The molecule has 0 aliphatic carbocycles. The van der Waals surface area contributed by atoms with Crippen LogP contribution in [0.1, 0.15) is 20.8 Å². The minimum atomic E-state index is -0.539. The lowest BCUT2D eigenvalue weighted by Gasteiger charge is -2.07. The molecule has 92 valence electrons. The highest BCUT2D eigenvalue weighted by Gasteiger charge is 2.17. The first-order chi connectivity index (χ1) is 8.69. The molecule has 0 aliphatic rings. The van der Waals surface area contributed by atoms with Gasteiger partial charge in [0.2, 0.25) is 0 Å². The summed E-state index contributed by atoms with van der Waals surface area (Å²) in [4.78, 5) is 27.1. The van der Waals surface area contributed by atoms with Crippen molar-refractivity contribution in [2.75, 3.05) is 14.2 Å². The lowest BCUT2D eigenvalue weighted by molar-refractivity contribution is 0.0584. The van der Waals surface area contributed by atoms with Gasteiger partial charge in [0.05, 0.1) is 19.8 Å². The third kappa shape index (κ3) is 1.90. The molecule has 0 atom stereocenters. The zero-order chi connectivity index (χ0) is 13.1. The quantitative estimate of drug-likeness (QED) is 0.755. The van der Waals surface area contributed by atoms with E-state index >= 15 is 0 Å². The van der Waals surface area contributed by atoms with Crippen LogP contribution >= 0.6 is 0 Å². The molecular formula is C13H11NO4. The third-order valence-corrected chi connectivity index (χ3v) is 2.58. The molecule has 1 heterocycles. The summed E-state index contributed by atoms with van der Waals surface area (Å²) < 4.78 is 9.33. The standard InChI is InChI=1S/C13H11NO4/c1-17-12(15)10-7-14-11(13(16)18-2)9-6-4-3-5-8(9)10/h3-7H,1-2H3. The van der Waals surface area contributed by atoms with Gasteiger partial charge in [-0.05, 0) is 0 Å². The SMILES string of the molecule is COC(=O)c1cnc(C(=O)OC)c2ccccc12. The molecule has 0 radical (unpaired) electrons. The zero-order valence-corrected chi connectivity index (χ0v) is 9.97. The third-order valence-electron chi connectivity index (χ3n) is 2.58. The van der Waals surface area contributed by atoms with Crippen molar-refractivity contribution in [3.05, 3.63) is 41.7 Å². The molecule has 0 saturated carbocycles. The van der Waals surface area contributed by atoms with Gasteiger partial charge in [-0.25, -0.2) is 14.6 Å². The van der Waals surface area contributed by atoms with Crippen molar-refractivity contribution in [3.8, 4) is 0 Å². The fourth-order valence-electron chi connectivity index (χ4n) is 1.72. The van der Waals surface area contributed by atoms with Crippen LogP contribution in [0.5, 0.6) is 0 Å². The highest BCUT2D eigenvalue weighted by molar-refractivity contribution is 6.10. The average molecular weight is 245 g/mol. The fourth-order valence-corrected chi connectivity index (χ4v) is 1.72. The predicted octanol–water partition coefficient (Wildman–Crippen LogP) is 1.81. The Kier molecular flexibility index (Phi) is 3.23. The normalized spacial score (nSPS) is 10.1. The van der Waals surface area contributed by atoms with Crippen molar-refractivity contribution in [3.63, 3.8) is 0 Å². The number of carbonyl (C=O) groups is 2. The van der Waals surface area contributed by atoms with Crippen LogP contribution in [-0.4, -0.2) is 31.1 Å². The second kappa shape index (κ2) is 4.83. The first-order valence-corrected chi connectivity index (χ1v) is 5.23. The number of methoxy groups -OCH3 is 2. The van der Waals surface area contributed by atoms with Crippen LogP contribution in [0.2, 0.25) is 0 Å². The zero-order valence-electron chi connectivity index (χ0n) is 9.97. The molecule has 0 fully saturated rings. The van der Waals surface area contributed by atoms with Crippen LogP contribution in [0, 0.1) is 0 Å². The number of benzene rings is 1. The summed E-state index contributed by atoms with van der Waals surface area (Å²) >= 11 is 0. The molecule has 5 nitrogen and oxygen atoms in total. The second-order valence-corrected chi connectivity index (χ2v) is 3.55. The molecule has 0 spiro atoms. The van der Waals surface area contributed by atoms with E-state index in [1.807, 2.05) is 0 Å². The Morgan fingerprint density at radius 1 is 1.00 bits per heavy atom. The van der Waals surface area contributed by atoms with Crippen molar-refractivity contribution in [2.24, 2.45) is 0 Å². The van der Waals surface area contributed by atoms with E-state index in [9.17, 15) is 9.59 Å². The maximum atomic E-state index is 11.6. The smallest absolute Gasteiger partial charge is 0.357 e. The summed E-state index contributed by atoms with van der Waals surface area (Å²) in [5, 5.41) is 1.17. The molecule has 0 amide bonds. The summed E-state index contributed by atoms with van der Waals surface area (Å²) in [6.07, 6.45) is 1.32. The van der Waals surface area contributed by atoms with Crippen LogP contribution in [0.25, 0.3) is 10.8 Å². The van der Waals surface area contributed by atoms with Gasteiger partial charge in [-0.1, -0.05) is 24.3 Å². The number of carbonyl (C=O) groups excluding carboxylic acids is 2. The first-order valence-electron chi connectivity index (χ1n) is 5.23. The number of ether oxygens (including phenoxy) is 2. The van der Waals surface area contributed by atoms with Crippen LogP contribution in [0.3, 0.4) is 0 Å². The van der Waals surface area contributed by atoms with Crippen LogP contribution in [-0.2, 0) is 9.47 Å². The van der Waals surface area contributed by atoms with Crippen molar-refractivity contribution < 1.29 is 19.1 Å². The molecule has 5 heteroatoms. The Hall–Kier alpha value is -2.43. The van der Waals surface area contributed by atoms with E-state index in [1.165, 1.54) is 20.4 Å². The molecule has 1 aromatic carbocycles. The molecule has 0 aliphatic heterocycles. The lowest BCUT2D eigenvalue weighted by atomic mass is 10.1. The van der Waals surface area contributed by atoms with Gasteiger partial charge in [-0.2, -0.15) is 0 Å². The number of nitrogens with zero attached hydrogens (tertiary/aromatic N) is 1. The van der Waals surface area contributed by atoms with Crippen LogP contribution in [0.15, 0.2) is 30.5 Å². The molecule has 0 unspecified atom stereocenters. The van der Waals surface area contributed by atoms with E-state index in [1.54, 1.807) is 24.3 Å². The topological polar surface area (TPSA) is 65.5 Å². The average Bonchev–Trinajstić information content (AvgIpc) is 2.44. The highest BCUT2D eigenvalue weighted by Crippen LogP contribution is 2.22. The van der Waals surface area contributed by atoms with E-state index in [0.29, 0.717) is 16.3 Å². The molecule has 0 saturated heterocycles. The van der Waals surface area contributed by atoms with E-state index in [0.717, 1.165) is 0 Å². The minimum Gasteiger partial charge on any atom is -0.465 e. The van der Waals surface area contributed by atoms with Crippen LogP contribution < -0.4 is 0 Å². The van der Waals surface area contributed by atoms with Crippen molar-refractivity contribution in [2.45, 2.75) is 0 Å². The van der Waals surface area contributed by atoms with Gasteiger partial charge in [0, 0.05) is 17.0 Å². The Morgan fingerprint density at radius 3 is 2.22 bits per heavy atom. The van der Waals surface area contributed by atoms with Gasteiger partial charge in [-0.3, -0.25) is 0 Å².